The Labute approximate surface area is 173 Å². The van der Waals surface area contributed by atoms with Crippen LogP contribution in [0.4, 0.5) is 11.4 Å². The van der Waals surface area contributed by atoms with Crippen LogP contribution in [0.3, 0.4) is 0 Å². The van der Waals surface area contributed by atoms with Gasteiger partial charge >= 0.3 is 0 Å². The topological polar surface area (TPSA) is 56.1 Å². The van der Waals surface area contributed by atoms with Crippen molar-refractivity contribution in [2.45, 2.75) is 52.0 Å². The normalized spacial score (nSPS) is 18.0. The number of nitrogens with one attached hydrogen (secondary N) is 1. The molecular weight excluding hydrogens is 358 g/mol. The highest BCUT2D eigenvalue weighted by atomic mass is 16.1. The van der Waals surface area contributed by atoms with Gasteiger partial charge in [-0.1, -0.05) is 38.1 Å². The predicted molar refractivity (Wildman–Crippen MR) is 120 cm³/mol. The van der Waals surface area contributed by atoms with Gasteiger partial charge in [0.05, 0.1) is 0 Å². The van der Waals surface area contributed by atoms with E-state index in [0.29, 0.717) is 5.92 Å². The van der Waals surface area contributed by atoms with Gasteiger partial charge in [0, 0.05) is 24.0 Å². The van der Waals surface area contributed by atoms with Gasteiger partial charge in [0.15, 0.2) is 0 Å². The molecule has 0 spiro atoms. The molecule has 0 fully saturated rings. The molecule has 29 heavy (non-hydrogen) atoms. The van der Waals surface area contributed by atoms with E-state index in [1.807, 2.05) is 37.3 Å². The minimum Gasteiger partial charge on any atom is -0.369 e. The van der Waals surface area contributed by atoms with Gasteiger partial charge in [-0.2, -0.15) is 5.26 Å². The molecule has 1 heterocycles. The molecule has 0 aromatic heterocycles. The Morgan fingerprint density at radius 3 is 2.72 bits per heavy atom. The second kappa shape index (κ2) is 8.13. The first-order chi connectivity index (χ1) is 13.8. The van der Waals surface area contributed by atoms with Crippen molar-refractivity contribution in [2.24, 2.45) is 0 Å². The molecule has 0 aliphatic carbocycles. The van der Waals surface area contributed by atoms with E-state index in [-0.39, 0.29) is 17.0 Å². The molecule has 1 aliphatic heterocycles. The molecule has 0 radical (unpaired) electrons. The molecule has 1 atom stereocenters. The summed E-state index contributed by atoms with van der Waals surface area (Å²) >= 11 is 0. The summed E-state index contributed by atoms with van der Waals surface area (Å²) in [4.78, 5) is 15.0. The third kappa shape index (κ3) is 4.19. The maximum Gasteiger partial charge on any atom is 0.266 e. The van der Waals surface area contributed by atoms with Gasteiger partial charge in [-0.25, -0.2) is 0 Å². The van der Waals surface area contributed by atoms with Crippen LogP contribution >= 0.6 is 0 Å². The maximum atomic E-state index is 12.7. The molecule has 4 nitrogen and oxygen atoms in total. The Hall–Kier alpha value is -3.06. The summed E-state index contributed by atoms with van der Waals surface area (Å²) in [5, 5.41) is 12.5. The van der Waals surface area contributed by atoms with Crippen molar-refractivity contribution in [2.75, 3.05) is 17.3 Å². The number of nitriles is 1. The van der Waals surface area contributed by atoms with E-state index in [0.717, 1.165) is 29.7 Å². The highest BCUT2D eigenvalue weighted by molar-refractivity contribution is 6.10. The van der Waals surface area contributed by atoms with Crippen molar-refractivity contribution >= 4 is 23.4 Å². The summed E-state index contributed by atoms with van der Waals surface area (Å²) in [6, 6.07) is 15.9. The van der Waals surface area contributed by atoms with E-state index in [4.69, 9.17) is 0 Å². The number of anilines is 2. The van der Waals surface area contributed by atoms with Crippen LogP contribution in [0.5, 0.6) is 0 Å². The summed E-state index contributed by atoms with van der Waals surface area (Å²) in [7, 11) is 2.12. The second-order valence-electron chi connectivity index (χ2n) is 8.43. The van der Waals surface area contributed by atoms with Crippen molar-refractivity contribution in [3.8, 4) is 6.07 Å². The number of hydrogen-bond acceptors (Lipinski definition) is 3. The Bertz CT molecular complexity index is 997. The summed E-state index contributed by atoms with van der Waals surface area (Å²) in [6.45, 7) is 8.79. The largest absolute Gasteiger partial charge is 0.369 e. The van der Waals surface area contributed by atoms with E-state index in [9.17, 15) is 10.1 Å². The third-order valence-corrected chi connectivity index (χ3v) is 5.98. The second-order valence-corrected chi connectivity index (χ2v) is 8.43. The van der Waals surface area contributed by atoms with Crippen LogP contribution in [0.15, 0.2) is 48.0 Å². The van der Waals surface area contributed by atoms with Crippen LogP contribution < -0.4 is 10.2 Å². The van der Waals surface area contributed by atoms with E-state index in [1.54, 1.807) is 6.08 Å². The summed E-state index contributed by atoms with van der Waals surface area (Å²) in [5.41, 5.74) is 5.36. The number of carbonyl (C=O) groups is 1. The van der Waals surface area contributed by atoms with Crippen molar-refractivity contribution < 1.29 is 4.79 Å². The summed E-state index contributed by atoms with van der Waals surface area (Å²) < 4.78 is 0. The number of nitrogens with zero attached hydrogens (tertiary/aromatic N) is 2. The fraction of sp³-hybridized carbons (Fsp3) is 0.360. The molecule has 0 bridgehead atoms. The van der Waals surface area contributed by atoms with E-state index >= 15 is 0 Å². The highest BCUT2D eigenvalue weighted by Gasteiger charge is 2.33. The van der Waals surface area contributed by atoms with Gasteiger partial charge in [-0.05, 0) is 73.6 Å². The standard InChI is InChI=1S/C25H29N3O/c1-6-19-9-7-8-10-22(19)27-24(29)20(16-26)13-18-11-12-23-21(14-18)17(2)15-25(3,4)28(23)5/h7-14,17H,6,15H2,1-5H3,(H,27,29)/b20-13-. The molecule has 1 aliphatic rings. The Morgan fingerprint density at radius 1 is 1.31 bits per heavy atom. The highest BCUT2D eigenvalue weighted by Crippen LogP contribution is 2.42. The van der Waals surface area contributed by atoms with Crippen LogP contribution in [-0.4, -0.2) is 18.5 Å². The first-order valence-electron chi connectivity index (χ1n) is 10.2. The molecule has 1 amide bonds. The molecular formula is C25H29N3O. The van der Waals surface area contributed by atoms with Crippen molar-refractivity contribution in [1.29, 1.82) is 5.26 Å². The third-order valence-electron chi connectivity index (χ3n) is 5.98. The molecule has 2 aromatic rings. The lowest BCUT2D eigenvalue weighted by Gasteiger charge is -2.45. The summed E-state index contributed by atoms with van der Waals surface area (Å²) in [6.07, 6.45) is 3.55. The zero-order valence-electron chi connectivity index (χ0n) is 17.9. The van der Waals surface area contributed by atoms with Crippen LogP contribution in [0.1, 0.15) is 56.7 Å². The quantitative estimate of drug-likeness (QED) is 0.555. The molecule has 4 heteroatoms. The van der Waals surface area contributed by atoms with Crippen LogP contribution in [0.25, 0.3) is 6.08 Å². The Kier molecular flexibility index (Phi) is 5.79. The minimum absolute atomic E-state index is 0.105. The van der Waals surface area contributed by atoms with E-state index < -0.39 is 0 Å². The zero-order chi connectivity index (χ0) is 21.2. The summed E-state index contributed by atoms with van der Waals surface area (Å²) in [5.74, 6) is 0.0396. The van der Waals surface area contributed by atoms with Crippen LogP contribution in [-0.2, 0) is 11.2 Å². The van der Waals surface area contributed by atoms with Crippen molar-refractivity contribution in [3.05, 3.63) is 64.7 Å². The minimum atomic E-state index is -0.377. The lowest BCUT2D eigenvalue weighted by atomic mass is 9.80. The lowest BCUT2D eigenvalue weighted by Crippen LogP contribution is -2.45. The van der Waals surface area contributed by atoms with E-state index in [1.165, 1.54) is 11.3 Å². The number of para-hydroxylation sites is 1. The number of rotatable bonds is 4. The van der Waals surface area contributed by atoms with Gasteiger partial charge in [0.1, 0.15) is 11.6 Å². The van der Waals surface area contributed by atoms with Gasteiger partial charge in [0.2, 0.25) is 0 Å². The lowest BCUT2D eigenvalue weighted by molar-refractivity contribution is -0.112. The molecule has 150 valence electrons. The predicted octanol–water partition coefficient (Wildman–Crippen LogP) is 5.52. The fourth-order valence-electron chi connectivity index (χ4n) is 4.14. The molecule has 1 unspecified atom stereocenters. The number of carbonyl (C=O) groups excluding carboxylic acids is 1. The number of amides is 1. The van der Waals surface area contributed by atoms with Crippen LogP contribution in [0.2, 0.25) is 0 Å². The Morgan fingerprint density at radius 2 is 2.03 bits per heavy atom. The number of benzene rings is 2. The Balaban J connectivity index is 1.89. The fourth-order valence-corrected chi connectivity index (χ4v) is 4.14. The number of hydrogen-bond donors (Lipinski definition) is 1. The van der Waals surface area contributed by atoms with Crippen molar-refractivity contribution in [1.82, 2.24) is 0 Å². The smallest absolute Gasteiger partial charge is 0.266 e. The van der Waals surface area contributed by atoms with Gasteiger partial charge in [0.25, 0.3) is 5.91 Å². The SMILES string of the molecule is CCc1ccccc1NC(=O)/C(C#N)=C\c1ccc2c(c1)C(C)CC(C)(C)N2C. The average Bonchev–Trinajstić information content (AvgIpc) is 2.70. The molecule has 0 saturated heterocycles. The molecule has 0 saturated carbocycles. The van der Waals surface area contributed by atoms with Gasteiger partial charge in [-0.3, -0.25) is 4.79 Å². The number of fused-ring (bicyclic) bond motifs is 1. The molecule has 1 N–H and O–H groups in total. The van der Waals surface area contributed by atoms with E-state index in [2.05, 4.69) is 56.2 Å². The molecule has 2 aromatic carbocycles. The number of aryl methyl sites for hydroxylation is 1. The van der Waals surface area contributed by atoms with Crippen molar-refractivity contribution in [3.63, 3.8) is 0 Å². The van der Waals surface area contributed by atoms with Gasteiger partial charge < -0.3 is 10.2 Å². The zero-order valence-corrected chi connectivity index (χ0v) is 17.9. The first kappa shape index (κ1) is 20.7. The first-order valence-corrected chi connectivity index (χ1v) is 10.2. The maximum absolute atomic E-state index is 12.7. The van der Waals surface area contributed by atoms with Gasteiger partial charge in [-0.15, -0.1) is 0 Å². The average molecular weight is 388 g/mol. The van der Waals surface area contributed by atoms with Crippen LogP contribution in [0, 0.1) is 11.3 Å². The monoisotopic (exact) mass is 387 g/mol. The molecule has 3 rings (SSSR count).